The van der Waals surface area contributed by atoms with Gasteiger partial charge in [0.1, 0.15) is 0 Å². The van der Waals surface area contributed by atoms with Crippen molar-refractivity contribution in [1.82, 2.24) is 19.9 Å². The van der Waals surface area contributed by atoms with Gasteiger partial charge in [-0.2, -0.15) is 4.98 Å². The van der Waals surface area contributed by atoms with Crippen molar-refractivity contribution >= 4 is 44.9 Å². The average Bonchev–Trinajstić information content (AvgIpc) is 3.52. The van der Waals surface area contributed by atoms with Gasteiger partial charge in [0.25, 0.3) is 0 Å². The van der Waals surface area contributed by atoms with Crippen LogP contribution in [0.1, 0.15) is 36.3 Å². The monoisotopic (exact) mass is 428 g/mol. The van der Waals surface area contributed by atoms with E-state index in [1.807, 2.05) is 28.1 Å². The van der Waals surface area contributed by atoms with Crippen molar-refractivity contribution in [1.29, 1.82) is 0 Å². The van der Waals surface area contributed by atoms with Crippen molar-refractivity contribution in [2.24, 2.45) is 0 Å². The second-order valence-electron chi connectivity index (χ2n) is 7.11. The summed E-state index contributed by atoms with van der Waals surface area (Å²) in [5.41, 5.74) is 0.768. The highest BCUT2D eigenvalue weighted by Crippen LogP contribution is 2.43. The van der Waals surface area contributed by atoms with Crippen molar-refractivity contribution in [3.8, 4) is 10.7 Å². The lowest BCUT2D eigenvalue weighted by Gasteiger charge is -2.26. The van der Waals surface area contributed by atoms with Crippen LogP contribution in [0.3, 0.4) is 0 Å². The number of hydrogen-bond donors (Lipinski definition) is 1. The lowest BCUT2D eigenvalue weighted by molar-refractivity contribution is -0.126. The summed E-state index contributed by atoms with van der Waals surface area (Å²) in [7, 11) is 0. The van der Waals surface area contributed by atoms with E-state index >= 15 is 0 Å². The first kappa shape index (κ1) is 18.0. The van der Waals surface area contributed by atoms with Crippen LogP contribution in [0, 0.1) is 0 Å². The number of hydrogen-bond acceptors (Lipinski definition) is 6. The predicted molar refractivity (Wildman–Crippen MR) is 115 cm³/mol. The van der Waals surface area contributed by atoms with Gasteiger partial charge < -0.3 is 5.32 Å². The van der Waals surface area contributed by atoms with E-state index in [-0.39, 0.29) is 11.3 Å². The highest BCUT2D eigenvalue weighted by atomic mass is 32.1. The molecule has 1 aliphatic carbocycles. The van der Waals surface area contributed by atoms with Crippen LogP contribution in [-0.4, -0.2) is 27.0 Å². The van der Waals surface area contributed by atoms with Gasteiger partial charge in [-0.1, -0.05) is 25.0 Å². The summed E-state index contributed by atoms with van der Waals surface area (Å²) >= 11 is 4.94. The van der Waals surface area contributed by atoms with E-state index in [2.05, 4.69) is 32.2 Å². The van der Waals surface area contributed by atoms with Crippen molar-refractivity contribution in [3.63, 3.8) is 0 Å². The zero-order chi connectivity index (χ0) is 19.0. The van der Waals surface area contributed by atoms with Gasteiger partial charge in [0, 0.05) is 23.2 Å². The number of amides is 1. The molecule has 5 rings (SSSR count). The molecule has 0 saturated heterocycles. The number of carbonyl (C=O) groups is 1. The Hall–Kier alpha value is -2.03. The van der Waals surface area contributed by atoms with E-state index < -0.39 is 0 Å². The Morgan fingerprint density at radius 2 is 1.96 bits per heavy atom. The molecule has 5 nitrogen and oxygen atoms in total. The molecule has 144 valence electrons. The number of thiophene rings is 2. The fourth-order valence-corrected chi connectivity index (χ4v) is 6.49. The topological polar surface area (TPSA) is 59.3 Å². The summed E-state index contributed by atoms with van der Waals surface area (Å²) in [6.45, 7) is 0.617. The minimum atomic E-state index is -0.322. The molecule has 0 bridgehead atoms. The maximum Gasteiger partial charge on any atom is 0.231 e. The van der Waals surface area contributed by atoms with Crippen LogP contribution in [0.25, 0.3) is 15.7 Å². The van der Waals surface area contributed by atoms with Gasteiger partial charge in [0.05, 0.1) is 16.0 Å². The second kappa shape index (κ2) is 7.42. The van der Waals surface area contributed by atoms with Crippen LogP contribution in [0.2, 0.25) is 0 Å². The smallest absolute Gasteiger partial charge is 0.231 e. The maximum absolute atomic E-state index is 13.1. The molecule has 1 fully saturated rings. The molecule has 0 radical (unpaired) electrons. The summed E-state index contributed by atoms with van der Waals surface area (Å²) in [6.07, 6.45) is 4.91. The summed E-state index contributed by atoms with van der Waals surface area (Å²) in [5, 5.41) is 14.1. The predicted octanol–water partition coefficient (Wildman–Crippen LogP) is 4.75. The third kappa shape index (κ3) is 3.09. The second-order valence-corrected chi connectivity index (χ2v) is 9.84. The van der Waals surface area contributed by atoms with Crippen LogP contribution in [-0.2, 0) is 16.6 Å². The van der Waals surface area contributed by atoms with Gasteiger partial charge in [-0.3, -0.25) is 4.79 Å². The van der Waals surface area contributed by atoms with Gasteiger partial charge in [0.2, 0.25) is 10.9 Å². The molecule has 0 spiro atoms. The minimum Gasteiger partial charge on any atom is -0.355 e. The van der Waals surface area contributed by atoms with E-state index in [0.29, 0.717) is 6.54 Å². The number of fused-ring (bicyclic) bond motifs is 1. The summed E-state index contributed by atoms with van der Waals surface area (Å²) in [6, 6.07) is 8.21. The Labute approximate surface area is 175 Å². The van der Waals surface area contributed by atoms with Crippen LogP contribution in [0.4, 0.5) is 0 Å². The molecule has 1 aliphatic rings. The standard InChI is InChI=1S/C20H20N4OS3/c25-18(20(8-1-2-9-20)16-6-4-12-27-16)21-10-7-14-13-28-19-22-17(23-24(14)19)15-5-3-11-26-15/h3-6,11-13H,1-2,7-10H2,(H,21,25). The first-order valence-corrected chi connectivity index (χ1v) is 12.1. The molecule has 1 amide bonds. The van der Waals surface area contributed by atoms with Crippen molar-refractivity contribution in [2.75, 3.05) is 6.54 Å². The number of nitrogens with zero attached hydrogens (tertiary/aromatic N) is 3. The molecule has 0 aromatic carbocycles. The van der Waals surface area contributed by atoms with Gasteiger partial charge in [-0.25, -0.2) is 4.52 Å². The summed E-state index contributed by atoms with van der Waals surface area (Å²) in [4.78, 5) is 20.9. The largest absolute Gasteiger partial charge is 0.355 e. The lowest BCUT2D eigenvalue weighted by atomic mass is 9.83. The highest BCUT2D eigenvalue weighted by molar-refractivity contribution is 7.15. The molecule has 4 heterocycles. The number of rotatable bonds is 6. The summed E-state index contributed by atoms with van der Waals surface area (Å²) < 4.78 is 1.91. The minimum absolute atomic E-state index is 0.178. The molecule has 1 N–H and O–H groups in total. The van der Waals surface area contributed by atoms with Crippen molar-refractivity contribution in [2.45, 2.75) is 37.5 Å². The Balaban J connectivity index is 1.28. The normalized spacial score (nSPS) is 16.0. The molecule has 0 unspecified atom stereocenters. The molecular weight excluding hydrogens is 408 g/mol. The van der Waals surface area contributed by atoms with Gasteiger partial charge in [-0.05, 0) is 35.7 Å². The lowest BCUT2D eigenvalue weighted by Crippen LogP contribution is -2.42. The van der Waals surface area contributed by atoms with E-state index in [4.69, 9.17) is 0 Å². The van der Waals surface area contributed by atoms with E-state index in [9.17, 15) is 4.79 Å². The quantitative estimate of drug-likeness (QED) is 0.482. The molecule has 4 aromatic heterocycles. The Morgan fingerprint density at radius 1 is 1.14 bits per heavy atom. The zero-order valence-electron chi connectivity index (χ0n) is 15.3. The number of nitrogens with one attached hydrogen (secondary N) is 1. The van der Waals surface area contributed by atoms with E-state index in [1.54, 1.807) is 34.0 Å². The summed E-state index contributed by atoms with van der Waals surface area (Å²) in [5.74, 6) is 0.950. The van der Waals surface area contributed by atoms with E-state index in [1.165, 1.54) is 4.88 Å². The Bertz CT molecular complexity index is 1070. The highest BCUT2D eigenvalue weighted by Gasteiger charge is 2.43. The molecule has 28 heavy (non-hydrogen) atoms. The van der Waals surface area contributed by atoms with Gasteiger partial charge >= 0.3 is 0 Å². The third-order valence-corrected chi connectivity index (χ3v) is 8.25. The van der Waals surface area contributed by atoms with Crippen molar-refractivity contribution < 1.29 is 4.79 Å². The van der Waals surface area contributed by atoms with Crippen LogP contribution in [0.5, 0.6) is 0 Å². The maximum atomic E-state index is 13.1. The number of aromatic nitrogens is 3. The molecule has 0 atom stereocenters. The average molecular weight is 429 g/mol. The van der Waals surface area contributed by atoms with Crippen molar-refractivity contribution in [3.05, 3.63) is 51.0 Å². The molecule has 4 aromatic rings. The first-order chi connectivity index (χ1) is 13.8. The SMILES string of the molecule is O=C(NCCc1csc2nc(-c3cccs3)nn12)C1(c2cccs2)CCCC1. The van der Waals surface area contributed by atoms with Crippen LogP contribution >= 0.6 is 34.0 Å². The van der Waals surface area contributed by atoms with E-state index in [0.717, 1.165) is 53.5 Å². The van der Waals surface area contributed by atoms with Gasteiger partial charge in [0.15, 0.2) is 5.82 Å². The van der Waals surface area contributed by atoms with Gasteiger partial charge in [-0.15, -0.1) is 39.1 Å². The number of thiazole rings is 1. The Kier molecular flexibility index (Phi) is 4.78. The molecule has 0 aliphatic heterocycles. The third-order valence-electron chi connectivity index (χ3n) is 5.44. The van der Waals surface area contributed by atoms with Crippen LogP contribution in [0.15, 0.2) is 40.4 Å². The molecule has 1 saturated carbocycles. The fraction of sp³-hybridized carbons (Fsp3) is 0.350. The van der Waals surface area contributed by atoms with Crippen LogP contribution < -0.4 is 5.32 Å². The Morgan fingerprint density at radius 3 is 2.71 bits per heavy atom. The molecule has 8 heteroatoms. The zero-order valence-corrected chi connectivity index (χ0v) is 17.7. The molecular formula is C20H20N4OS3. The fourth-order valence-electron chi connectivity index (χ4n) is 3.99. The number of carbonyl (C=O) groups excluding carboxylic acids is 1. The first-order valence-electron chi connectivity index (χ1n) is 9.46.